The van der Waals surface area contributed by atoms with Gasteiger partial charge in [0.25, 0.3) is 0 Å². The Morgan fingerprint density at radius 2 is 1.86 bits per heavy atom. The Balaban J connectivity index is 2.94. The predicted molar refractivity (Wildman–Crippen MR) is 96.7 cm³/mol. The molecule has 0 heterocycles. The van der Waals surface area contributed by atoms with Crippen molar-refractivity contribution in [3.8, 4) is 0 Å². The van der Waals surface area contributed by atoms with E-state index in [0.717, 1.165) is 18.7 Å². The fourth-order valence-electron chi connectivity index (χ4n) is 2.86. The molecule has 21 heavy (non-hydrogen) atoms. The zero-order valence-electron chi connectivity index (χ0n) is 14.1. The number of thiocarbonyl (C=S) groups is 1. The number of benzene rings is 1. The molecule has 1 rings (SSSR count). The minimum absolute atomic E-state index is 0.476. The highest BCUT2D eigenvalue weighted by molar-refractivity contribution is 7.80. The van der Waals surface area contributed by atoms with Crippen LogP contribution in [-0.4, -0.2) is 22.5 Å². The summed E-state index contributed by atoms with van der Waals surface area (Å²) < 4.78 is 0. The van der Waals surface area contributed by atoms with E-state index in [-0.39, 0.29) is 0 Å². The number of hydrogen-bond donors (Lipinski definition) is 1. The molecule has 118 valence electrons. The largest absolute Gasteiger partial charge is 0.389 e. The van der Waals surface area contributed by atoms with Crippen LogP contribution < -0.4 is 5.73 Å². The molecule has 1 aromatic carbocycles. The Morgan fingerprint density at radius 3 is 2.29 bits per heavy atom. The first-order chi connectivity index (χ1) is 9.88. The molecule has 0 saturated heterocycles. The van der Waals surface area contributed by atoms with Crippen molar-refractivity contribution in [2.24, 2.45) is 11.7 Å². The maximum absolute atomic E-state index is 5.71. The molecular weight excluding hydrogens is 276 g/mol. The van der Waals surface area contributed by atoms with Crippen molar-refractivity contribution in [2.45, 2.75) is 60.0 Å². The van der Waals surface area contributed by atoms with Crippen LogP contribution >= 0.6 is 12.2 Å². The second-order valence-corrected chi connectivity index (χ2v) is 6.74. The van der Waals surface area contributed by atoms with Crippen molar-refractivity contribution >= 4 is 17.2 Å². The van der Waals surface area contributed by atoms with Crippen molar-refractivity contribution in [1.29, 1.82) is 0 Å². The highest BCUT2D eigenvalue weighted by Gasteiger charge is 2.17. The lowest BCUT2D eigenvalue weighted by Crippen LogP contribution is -2.36. The molecule has 0 atom stereocenters. The van der Waals surface area contributed by atoms with Crippen LogP contribution in [0.2, 0.25) is 0 Å². The van der Waals surface area contributed by atoms with E-state index in [1.165, 1.54) is 24.0 Å². The quantitative estimate of drug-likeness (QED) is 0.727. The third-order valence-electron chi connectivity index (χ3n) is 4.06. The van der Waals surface area contributed by atoms with Crippen molar-refractivity contribution in [2.75, 3.05) is 6.54 Å². The van der Waals surface area contributed by atoms with E-state index in [0.29, 0.717) is 16.9 Å². The Morgan fingerprint density at radius 1 is 1.24 bits per heavy atom. The van der Waals surface area contributed by atoms with Gasteiger partial charge in [0.1, 0.15) is 4.99 Å². The number of hydrogen-bond acceptors (Lipinski definition) is 2. The van der Waals surface area contributed by atoms with Gasteiger partial charge in [-0.05, 0) is 42.9 Å². The van der Waals surface area contributed by atoms with Crippen LogP contribution in [0.15, 0.2) is 18.2 Å². The van der Waals surface area contributed by atoms with Gasteiger partial charge < -0.3 is 5.73 Å². The first kappa shape index (κ1) is 18.1. The van der Waals surface area contributed by atoms with Crippen molar-refractivity contribution in [1.82, 2.24) is 4.90 Å². The summed E-state index contributed by atoms with van der Waals surface area (Å²) in [5, 5.41) is 0. The maximum atomic E-state index is 5.71. The van der Waals surface area contributed by atoms with Gasteiger partial charge in [-0.25, -0.2) is 0 Å². The Bertz CT molecular complexity index is 464. The summed E-state index contributed by atoms with van der Waals surface area (Å²) in [7, 11) is 0. The van der Waals surface area contributed by atoms with Gasteiger partial charge in [0.2, 0.25) is 0 Å². The third-order valence-corrected chi connectivity index (χ3v) is 4.29. The van der Waals surface area contributed by atoms with Gasteiger partial charge in [-0.3, -0.25) is 4.90 Å². The number of aryl methyl sites for hydroxylation is 1. The molecule has 0 unspecified atom stereocenters. The second-order valence-electron chi connectivity index (χ2n) is 6.30. The fraction of sp³-hybridized carbons (Fsp3) is 0.611. The van der Waals surface area contributed by atoms with E-state index >= 15 is 0 Å². The van der Waals surface area contributed by atoms with Gasteiger partial charge in [0, 0.05) is 24.7 Å². The summed E-state index contributed by atoms with van der Waals surface area (Å²) in [6, 6.07) is 6.99. The lowest BCUT2D eigenvalue weighted by Gasteiger charge is -2.32. The fourth-order valence-corrected chi connectivity index (χ4v) is 2.99. The molecule has 2 nitrogen and oxygen atoms in total. The van der Waals surface area contributed by atoms with Crippen LogP contribution in [0.25, 0.3) is 0 Å². The molecule has 1 aromatic rings. The average Bonchev–Trinajstić information content (AvgIpc) is 2.41. The lowest BCUT2D eigenvalue weighted by molar-refractivity contribution is 0.157. The highest BCUT2D eigenvalue weighted by atomic mass is 32.1. The van der Waals surface area contributed by atoms with Crippen LogP contribution in [0.1, 0.15) is 57.2 Å². The molecule has 2 N–H and O–H groups in total. The second kappa shape index (κ2) is 8.50. The number of nitrogens with zero attached hydrogens (tertiary/aromatic N) is 1. The summed E-state index contributed by atoms with van der Waals surface area (Å²) >= 11 is 5.06. The molecule has 0 aliphatic rings. The first-order valence-corrected chi connectivity index (χ1v) is 8.43. The molecule has 0 aliphatic heterocycles. The number of nitrogens with two attached hydrogens (primary N) is 1. The molecule has 0 radical (unpaired) electrons. The van der Waals surface area contributed by atoms with E-state index in [1.54, 1.807) is 0 Å². The normalized spacial score (nSPS) is 11.6. The summed E-state index contributed by atoms with van der Waals surface area (Å²) in [5.74, 6) is 0.682. The maximum Gasteiger partial charge on any atom is 0.103 e. The van der Waals surface area contributed by atoms with E-state index in [1.807, 2.05) is 6.07 Å². The Kier molecular flexibility index (Phi) is 7.33. The molecule has 0 fully saturated rings. The molecule has 0 aromatic heterocycles. The Labute approximate surface area is 135 Å². The van der Waals surface area contributed by atoms with Crippen molar-refractivity contribution in [3.05, 3.63) is 34.9 Å². The molecule has 0 saturated carbocycles. The standard InChI is InChI=1S/C18H30N2S/c1-6-17(7-2)20(11-13(3)4)12-16-9-8-15(18(19)21)10-14(16)5/h8-10,13,17H,6-7,11-12H2,1-5H3,(H2,19,21). The lowest BCUT2D eigenvalue weighted by atomic mass is 10.0. The highest BCUT2D eigenvalue weighted by Crippen LogP contribution is 2.19. The molecular formula is C18H30N2S. The zero-order valence-corrected chi connectivity index (χ0v) is 15.0. The van der Waals surface area contributed by atoms with Gasteiger partial charge >= 0.3 is 0 Å². The molecule has 0 spiro atoms. The minimum Gasteiger partial charge on any atom is -0.389 e. The Hall–Kier alpha value is -0.930. The molecule has 0 bridgehead atoms. The smallest absolute Gasteiger partial charge is 0.103 e. The van der Waals surface area contributed by atoms with Crippen LogP contribution in [0, 0.1) is 12.8 Å². The van der Waals surface area contributed by atoms with Crippen molar-refractivity contribution in [3.63, 3.8) is 0 Å². The van der Waals surface area contributed by atoms with Crippen LogP contribution in [0.5, 0.6) is 0 Å². The third kappa shape index (κ3) is 5.40. The summed E-state index contributed by atoms with van der Waals surface area (Å²) in [6.07, 6.45) is 2.40. The van der Waals surface area contributed by atoms with Crippen LogP contribution in [-0.2, 0) is 6.54 Å². The number of rotatable bonds is 8. The van der Waals surface area contributed by atoms with Gasteiger partial charge in [-0.2, -0.15) is 0 Å². The van der Waals surface area contributed by atoms with Gasteiger partial charge in [0.15, 0.2) is 0 Å². The molecule has 0 amide bonds. The zero-order chi connectivity index (χ0) is 16.0. The SMILES string of the molecule is CCC(CC)N(Cc1ccc(C(N)=S)cc1C)CC(C)C. The first-order valence-electron chi connectivity index (χ1n) is 8.02. The van der Waals surface area contributed by atoms with Gasteiger partial charge in [-0.15, -0.1) is 0 Å². The topological polar surface area (TPSA) is 29.3 Å². The van der Waals surface area contributed by atoms with E-state index in [9.17, 15) is 0 Å². The van der Waals surface area contributed by atoms with E-state index in [4.69, 9.17) is 18.0 Å². The summed E-state index contributed by atoms with van der Waals surface area (Å²) in [6.45, 7) is 13.4. The van der Waals surface area contributed by atoms with E-state index < -0.39 is 0 Å². The van der Waals surface area contributed by atoms with Gasteiger partial charge in [-0.1, -0.05) is 52.0 Å². The predicted octanol–water partition coefficient (Wildman–Crippen LogP) is 4.28. The van der Waals surface area contributed by atoms with E-state index in [2.05, 4.69) is 51.7 Å². The molecule has 0 aliphatic carbocycles. The van der Waals surface area contributed by atoms with Crippen LogP contribution in [0.4, 0.5) is 0 Å². The van der Waals surface area contributed by atoms with Gasteiger partial charge in [0.05, 0.1) is 0 Å². The minimum atomic E-state index is 0.476. The van der Waals surface area contributed by atoms with Crippen molar-refractivity contribution < 1.29 is 0 Å². The molecule has 3 heteroatoms. The monoisotopic (exact) mass is 306 g/mol. The summed E-state index contributed by atoms with van der Waals surface area (Å²) in [4.78, 5) is 3.09. The summed E-state index contributed by atoms with van der Waals surface area (Å²) in [5.41, 5.74) is 9.33. The van der Waals surface area contributed by atoms with Crippen LogP contribution in [0.3, 0.4) is 0 Å². The average molecular weight is 307 g/mol.